The van der Waals surface area contributed by atoms with Crippen LogP contribution in [0.4, 0.5) is 0 Å². The number of rotatable bonds is 6. The number of fused-ring (bicyclic) bond motifs is 1. The summed E-state index contributed by atoms with van der Waals surface area (Å²) in [4.78, 5) is 15.0. The number of likely N-dealkylation sites (tertiary alicyclic amines) is 1. The molecule has 4 rings (SSSR count). The smallest absolute Gasteiger partial charge is 0.220 e. The summed E-state index contributed by atoms with van der Waals surface area (Å²) in [5, 5.41) is 3.08. The lowest BCUT2D eigenvalue weighted by atomic mass is 9.76. The van der Waals surface area contributed by atoms with Gasteiger partial charge >= 0.3 is 0 Å². The first-order chi connectivity index (χ1) is 14.0. The lowest BCUT2D eigenvalue weighted by molar-refractivity contribution is -0.122. The number of furan rings is 1. The predicted octanol–water partition coefficient (Wildman–Crippen LogP) is 4.34. The van der Waals surface area contributed by atoms with E-state index in [0.717, 1.165) is 57.0 Å². The number of nitrogens with one attached hydrogen (secondary N) is 1. The number of para-hydroxylation sites is 1. The van der Waals surface area contributed by atoms with E-state index in [2.05, 4.69) is 36.2 Å². The zero-order valence-corrected chi connectivity index (χ0v) is 17.5. The molecule has 5 heteroatoms. The van der Waals surface area contributed by atoms with E-state index in [1.165, 1.54) is 5.56 Å². The first-order valence-corrected chi connectivity index (χ1v) is 10.8. The number of hydrogen-bond donors (Lipinski definition) is 1. The highest BCUT2D eigenvalue weighted by atomic mass is 16.5. The summed E-state index contributed by atoms with van der Waals surface area (Å²) in [6, 6.07) is 12.2. The molecule has 1 aromatic heterocycles. The van der Waals surface area contributed by atoms with Crippen LogP contribution in [-0.2, 0) is 11.3 Å². The molecule has 0 aliphatic carbocycles. The Morgan fingerprint density at radius 2 is 2.00 bits per heavy atom. The maximum Gasteiger partial charge on any atom is 0.220 e. The van der Waals surface area contributed by atoms with E-state index < -0.39 is 0 Å². The Morgan fingerprint density at radius 1 is 1.21 bits per heavy atom. The van der Waals surface area contributed by atoms with Gasteiger partial charge in [0.2, 0.25) is 5.91 Å². The van der Waals surface area contributed by atoms with Crippen LogP contribution in [0.15, 0.2) is 47.1 Å². The molecule has 1 amide bonds. The van der Waals surface area contributed by atoms with Crippen molar-refractivity contribution < 1.29 is 13.9 Å². The van der Waals surface area contributed by atoms with Crippen LogP contribution in [0.3, 0.4) is 0 Å². The topological polar surface area (TPSA) is 54.7 Å². The fourth-order valence-corrected chi connectivity index (χ4v) is 4.59. The van der Waals surface area contributed by atoms with Crippen LogP contribution in [0.25, 0.3) is 0 Å². The highest BCUT2D eigenvalue weighted by Gasteiger charge is 2.43. The zero-order valence-electron chi connectivity index (χ0n) is 17.5. The number of carbonyl (C=O) groups excluding carboxylic acids is 1. The van der Waals surface area contributed by atoms with Crippen LogP contribution >= 0.6 is 0 Å². The molecule has 1 saturated heterocycles. The average Bonchev–Trinajstić information content (AvgIpc) is 3.21. The monoisotopic (exact) mass is 396 g/mol. The molecule has 2 aliphatic rings. The van der Waals surface area contributed by atoms with Gasteiger partial charge in [-0.05, 0) is 48.9 Å². The van der Waals surface area contributed by atoms with Gasteiger partial charge in [-0.2, -0.15) is 0 Å². The van der Waals surface area contributed by atoms with E-state index in [0.29, 0.717) is 12.3 Å². The molecular formula is C24H32N2O3. The molecule has 156 valence electrons. The molecule has 29 heavy (non-hydrogen) atoms. The van der Waals surface area contributed by atoms with Gasteiger partial charge in [0.05, 0.1) is 12.8 Å². The van der Waals surface area contributed by atoms with Gasteiger partial charge in [0.1, 0.15) is 17.1 Å². The minimum absolute atomic E-state index is 0.144. The summed E-state index contributed by atoms with van der Waals surface area (Å²) in [7, 11) is 0. The second-order valence-corrected chi connectivity index (χ2v) is 8.98. The first kappa shape index (κ1) is 20.0. The van der Waals surface area contributed by atoms with Crippen molar-refractivity contribution in [2.75, 3.05) is 19.6 Å². The lowest BCUT2D eigenvalue weighted by Gasteiger charge is -2.46. The summed E-state index contributed by atoms with van der Waals surface area (Å²) in [6.07, 6.45) is 5.13. The van der Waals surface area contributed by atoms with E-state index in [-0.39, 0.29) is 17.4 Å². The molecule has 0 unspecified atom stereocenters. The third-order valence-electron chi connectivity index (χ3n) is 6.17. The Hall–Kier alpha value is -2.27. The first-order valence-electron chi connectivity index (χ1n) is 10.8. The van der Waals surface area contributed by atoms with E-state index in [4.69, 9.17) is 9.15 Å². The summed E-state index contributed by atoms with van der Waals surface area (Å²) >= 11 is 0. The van der Waals surface area contributed by atoms with Gasteiger partial charge < -0.3 is 14.5 Å². The SMILES string of the molecule is CC(C)CNC(=O)C[C@@H]1CC2(CCN(Cc3ccco3)CC2)Oc2ccccc21. The number of benzene rings is 1. The fourth-order valence-electron chi connectivity index (χ4n) is 4.59. The number of piperidine rings is 1. The van der Waals surface area contributed by atoms with Gasteiger partial charge in [-0.25, -0.2) is 0 Å². The highest BCUT2D eigenvalue weighted by molar-refractivity contribution is 5.77. The molecule has 0 saturated carbocycles. The van der Waals surface area contributed by atoms with Gasteiger partial charge in [-0.3, -0.25) is 9.69 Å². The number of ether oxygens (including phenoxy) is 1. The molecule has 5 nitrogen and oxygen atoms in total. The predicted molar refractivity (Wildman–Crippen MR) is 113 cm³/mol. The van der Waals surface area contributed by atoms with Crippen LogP contribution in [0.2, 0.25) is 0 Å². The highest BCUT2D eigenvalue weighted by Crippen LogP contribution is 2.46. The molecule has 0 radical (unpaired) electrons. The van der Waals surface area contributed by atoms with Crippen LogP contribution < -0.4 is 10.1 Å². The van der Waals surface area contributed by atoms with Crippen molar-refractivity contribution in [1.82, 2.24) is 10.2 Å². The van der Waals surface area contributed by atoms with Gasteiger partial charge in [-0.15, -0.1) is 0 Å². The van der Waals surface area contributed by atoms with Crippen molar-refractivity contribution in [2.45, 2.75) is 57.6 Å². The Labute approximate surface area is 173 Å². The van der Waals surface area contributed by atoms with Crippen LogP contribution in [0, 0.1) is 5.92 Å². The van der Waals surface area contributed by atoms with Crippen LogP contribution in [-0.4, -0.2) is 36.0 Å². The minimum atomic E-state index is -0.170. The standard InChI is InChI=1S/C24H32N2O3/c1-18(2)16-25-23(27)14-19-15-24(29-22-8-4-3-7-21(19)22)9-11-26(12-10-24)17-20-6-5-13-28-20/h3-8,13,18-19H,9-12,14-17H2,1-2H3,(H,25,27)/t19-/m1/s1. The Morgan fingerprint density at radius 3 is 2.72 bits per heavy atom. The van der Waals surface area contributed by atoms with E-state index in [1.807, 2.05) is 24.3 Å². The summed E-state index contributed by atoms with van der Waals surface area (Å²) in [5.74, 6) is 2.79. The molecule has 1 aromatic carbocycles. The van der Waals surface area contributed by atoms with Gasteiger partial charge in [0.15, 0.2) is 0 Å². The second kappa shape index (κ2) is 8.62. The number of nitrogens with zero attached hydrogens (tertiary/aromatic N) is 1. The molecule has 1 spiro atoms. The second-order valence-electron chi connectivity index (χ2n) is 8.98. The maximum absolute atomic E-state index is 12.6. The molecule has 1 N–H and O–H groups in total. The van der Waals surface area contributed by atoms with E-state index in [9.17, 15) is 4.79 Å². The molecule has 1 atom stereocenters. The quantitative estimate of drug-likeness (QED) is 0.789. The molecular weight excluding hydrogens is 364 g/mol. The van der Waals surface area contributed by atoms with E-state index >= 15 is 0 Å². The molecule has 2 aromatic rings. The van der Waals surface area contributed by atoms with Crippen molar-refractivity contribution in [3.8, 4) is 5.75 Å². The average molecular weight is 397 g/mol. The Kier molecular flexibility index (Phi) is 5.95. The van der Waals surface area contributed by atoms with Crippen molar-refractivity contribution >= 4 is 5.91 Å². The summed E-state index contributed by atoms with van der Waals surface area (Å²) in [5.41, 5.74) is 1.01. The van der Waals surface area contributed by atoms with E-state index in [1.54, 1.807) is 6.26 Å². The zero-order chi connectivity index (χ0) is 20.3. The van der Waals surface area contributed by atoms with Crippen LogP contribution in [0.5, 0.6) is 5.75 Å². The fraction of sp³-hybridized carbons (Fsp3) is 0.542. The van der Waals surface area contributed by atoms with Crippen molar-refractivity contribution in [1.29, 1.82) is 0 Å². The number of carbonyl (C=O) groups is 1. The largest absolute Gasteiger partial charge is 0.487 e. The minimum Gasteiger partial charge on any atom is -0.487 e. The third-order valence-corrected chi connectivity index (χ3v) is 6.17. The summed E-state index contributed by atoms with van der Waals surface area (Å²) < 4.78 is 12.1. The number of amides is 1. The molecule has 1 fully saturated rings. The Bertz CT molecular complexity index is 807. The van der Waals surface area contributed by atoms with Gasteiger partial charge in [0.25, 0.3) is 0 Å². The van der Waals surface area contributed by atoms with Gasteiger partial charge in [0, 0.05) is 32.0 Å². The normalized spacial score (nSPS) is 21.0. The summed E-state index contributed by atoms with van der Waals surface area (Å²) in [6.45, 7) is 7.78. The van der Waals surface area contributed by atoms with Gasteiger partial charge in [-0.1, -0.05) is 32.0 Å². The lowest BCUT2D eigenvalue weighted by Crippen LogP contribution is -2.50. The maximum atomic E-state index is 12.6. The third kappa shape index (κ3) is 4.84. The van der Waals surface area contributed by atoms with Crippen molar-refractivity contribution in [3.05, 3.63) is 54.0 Å². The van der Waals surface area contributed by atoms with Crippen LogP contribution in [0.1, 0.15) is 56.8 Å². The Balaban J connectivity index is 1.43. The molecule has 0 bridgehead atoms. The van der Waals surface area contributed by atoms with Crippen molar-refractivity contribution in [2.24, 2.45) is 5.92 Å². The molecule has 2 aliphatic heterocycles. The molecule has 3 heterocycles. The number of hydrogen-bond acceptors (Lipinski definition) is 4. The van der Waals surface area contributed by atoms with Crippen molar-refractivity contribution in [3.63, 3.8) is 0 Å².